The minimum atomic E-state index is -0.662. The van der Waals surface area contributed by atoms with Crippen LogP contribution in [0.2, 0.25) is 0 Å². The van der Waals surface area contributed by atoms with Gasteiger partial charge in [-0.3, -0.25) is 4.89 Å². The summed E-state index contributed by atoms with van der Waals surface area (Å²) < 4.78 is 6.18. The second-order valence-corrected chi connectivity index (χ2v) is 13.3. The number of hydrogen-bond acceptors (Lipinski definition) is 5. The Bertz CT molecular complexity index is 1360. The van der Waals surface area contributed by atoms with E-state index in [1.807, 2.05) is 63.2 Å². The summed E-state index contributed by atoms with van der Waals surface area (Å²) in [6.07, 6.45) is 5.98. The van der Waals surface area contributed by atoms with Gasteiger partial charge in [0.25, 0.3) is 0 Å². The number of unbranched alkanes of at least 4 members (excludes halogenated alkanes) is 4. The Hall–Kier alpha value is -4.00. The van der Waals surface area contributed by atoms with Crippen LogP contribution in [-0.2, 0) is 28.2 Å². The van der Waals surface area contributed by atoms with Gasteiger partial charge in [-0.15, -0.1) is 0 Å². The Balaban J connectivity index is 1.74. The van der Waals surface area contributed by atoms with E-state index in [4.69, 9.17) is 14.5 Å². The molecular weight excluding hydrogens is 564 g/mol. The molecule has 0 spiro atoms. The normalized spacial score (nSPS) is 11.5. The second kappa shape index (κ2) is 16.9. The van der Waals surface area contributed by atoms with Crippen LogP contribution in [-0.4, -0.2) is 23.4 Å². The Labute approximate surface area is 270 Å². The lowest BCUT2D eigenvalue weighted by atomic mass is 9.87. The van der Waals surface area contributed by atoms with Crippen LogP contribution in [0.3, 0.4) is 0 Å². The van der Waals surface area contributed by atoms with Crippen molar-refractivity contribution in [2.75, 3.05) is 11.9 Å². The summed E-state index contributed by atoms with van der Waals surface area (Å²) in [5.74, 6) is 0.567. The number of carbonyl (C=O) groups excluding carboxylic acids is 2. The molecule has 0 radical (unpaired) electrons. The summed E-state index contributed by atoms with van der Waals surface area (Å²) in [5.41, 5.74) is 3.09. The predicted octanol–water partition coefficient (Wildman–Crippen LogP) is 9.84. The molecular formula is C38H52N2O5. The van der Waals surface area contributed by atoms with Crippen LogP contribution in [0.1, 0.15) is 104 Å². The monoisotopic (exact) mass is 616 g/mol. The summed E-state index contributed by atoms with van der Waals surface area (Å²) >= 11 is 0. The van der Waals surface area contributed by atoms with Crippen molar-refractivity contribution < 1.29 is 24.1 Å². The standard InChI is InChI=1S/C38H52N2O5/c1-8-10-11-12-17-26-40(27-30-18-13-15-20-33(30)44-45-35(41)38(6,7)9-2)36(42)39-32-19-14-16-21-34(32)43-28-29-22-24-31(25-23-29)37(3,4)5/h13-16,18-25H,8-12,17,26-28H2,1-7H3,(H,39,42). The smallest absolute Gasteiger partial charge is 0.360 e. The first-order chi connectivity index (χ1) is 21.4. The zero-order valence-corrected chi connectivity index (χ0v) is 28.3. The first-order valence-corrected chi connectivity index (χ1v) is 16.3. The van der Waals surface area contributed by atoms with Crippen LogP contribution >= 0.6 is 0 Å². The number of nitrogens with one attached hydrogen (secondary N) is 1. The third-order valence-electron chi connectivity index (χ3n) is 8.14. The first kappa shape index (κ1) is 35.5. The van der Waals surface area contributed by atoms with Crippen LogP contribution in [0, 0.1) is 5.41 Å². The molecule has 7 nitrogen and oxygen atoms in total. The molecule has 0 unspecified atom stereocenters. The van der Waals surface area contributed by atoms with Gasteiger partial charge in [0.2, 0.25) is 0 Å². The van der Waals surface area contributed by atoms with Crippen molar-refractivity contribution in [3.05, 3.63) is 89.5 Å². The summed E-state index contributed by atoms with van der Waals surface area (Å²) in [6.45, 7) is 15.6. The number of carbonyl (C=O) groups is 2. The van der Waals surface area contributed by atoms with Crippen molar-refractivity contribution in [2.45, 2.75) is 106 Å². The molecule has 0 fully saturated rings. The van der Waals surface area contributed by atoms with Crippen molar-refractivity contribution in [3.8, 4) is 11.5 Å². The number of amides is 2. The van der Waals surface area contributed by atoms with E-state index in [0.29, 0.717) is 36.8 Å². The minimum Gasteiger partial charge on any atom is -0.487 e. The van der Waals surface area contributed by atoms with E-state index < -0.39 is 11.4 Å². The van der Waals surface area contributed by atoms with Crippen LogP contribution in [0.25, 0.3) is 0 Å². The van der Waals surface area contributed by atoms with Crippen molar-refractivity contribution >= 4 is 17.7 Å². The molecule has 7 heteroatoms. The highest BCUT2D eigenvalue weighted by atomic mass is 17.2. The fraction of sp³-hybridized carbons (Fsp3) is 0.474. The molecule has 0 aliphatic rings. The Morgan fingerprint density at radius 2 is 1.42 bits per heavy atom. The highest BCUT2D eigenvalue weighted by Gasteiger charge is 2.29. The Kier molecular flexibility index (Phi) is 13.3. The van der Waals surface area contributed by atoms with Crippen LogP contribution in [0.4, 0.5) is 10.5 Å². The third kappa shape index (κ3) is 11.1. The molecule has 3 aromatic rings. The zero-order valence-electron chi connectivity index (χ0n) is 28.3. The van der Waals surface area contributed by atoms with E-state index in [9.17, 15) is 9.59 Å². The highest BCUT2D eigenvalue weighted by molar-refractivity contribution is 5.91. The van der Waals surface area contributed by atoms with Crippen molar-refractivity contribution in [3.63, 3.8) is 0 Å². The van der Waals surface area contributed by atoms with Crippen LogP contribution < -0.4 is 14.9 Å². The van der Waals surface area contributed by atoms with Gasteiger partial charge in [0.1, 0.15) is 12.4 Å². The molecule has 244 valence electrons. The van der Waals surface area contributed by atoms with Gasteiger partial charge >= 0.3 is 12.0 Å². The number of rotatable bonds is 16. The van der Waals surface area contributed by atoms with Gasteiger partial charge in [-0.25, -0.2) is 14.5 Å². The summed E-state index contributed by atoms with van der Waals surface area (Å²) in [7, 11) is 0. The largest absolute Gasteiger partial charge is 0.487 e. The lowest BCUT2D eigenvalue weighted by Crippen LogP contribution is -2.35. The molecule has 3 rings (SSSR count). The number of urea groups is 1. The molecule has 0 aliphatic heterocycles. The van der Waals surface area contributed by atoms with Gasteiger partial charge < -0.3 is 15.0 Å². The van der Waals surface area contributed by atoms with Gasteiger partial charge in [-0.05, 0) is 61.4 Å². The summed E-state index contributed by atoms with van der Waals surface area (Å²) in [5, 5.41) is 3.08. The third-order valence-corrected chi connectivity index (χ3v) is 8.14. The van der Waals surface area contributed by atoms with E-state index in [2.05, 4.69) is 57.3 Å². The van der Waals surface area contributed by atoms with E-state index >= 15 is 0 Å². The van der Waals surface area contributed by atoms with E-state index in [1.54, 1.807) is 11.0 Å². The zero-order chi connectivity index (χ0) is 32.9. The molecule has 3 aromatic carbocycles. The number of nitrogens with zero attached hydrogens (tertiary/aromatic N) is 1. The molecule has 2 amide bonds. The topological polar surface area (TPSA) is 77.1 Å². The lowest BCUT2D eigenvalue weighted by molar-refractivity contribution is -0.224. The molecule has 0 heterocycles. The van der Waals surface area contributed by atoms with Gasteiger partial charge in [-0.1, -0.05) is 115 Å². The molecule has 0 bridgehead atoms. The fourth-order valence-corrected chi connectivity index (χ4v) is 4.57. The predicted molar refractivity (Wildman–Crippen MR) is 181 cm³/mol. The average molecular weight is 617 g/mol. The maximum Gasteiger partial charge on any atom is 0.360 e. The SMILES string of the molecule is CCCCCCCN(Cc1ccccc1OOC(=O)C(C)(C)CC)C(=O)Nc1ccccc1OCc1ccc(C(C)(C)C)cc1. The summed E-state index contributed by atoms with van der Waals surface area (Å²) in [4.78, 5) is 38.8. The summed E-state index contributed by atoms with van der Waals surface area (Å²) in [6, 6.07) is 23.0. The van der Waals surface area contributed by atoms with E-state index in [1.165, 1.54) is 12.0 Å². The molecule has 0 saturated heterocycles. The number of benzene rings is 3. The van der Waals surface area contributed by atoms with E-state index in [0.717, 1.165) is 36.8 Å². The molecule has 0 aromatic heterocycles. The number of hydrogen-bond donors (Lipinski definition) is 1. The molecule has 0 aliphatic carbocycles. The molecule has 0 atom stereocenters. The van der Waals surface area contributed by atoms with Crippen molar-refractivity contribution in [2.24, 2.45) is 5.41 Å². The van der Waals surface area contributed by atoms with Gasteiger partial charge in [0.15, 0.2) is 5.75 Å². The van der Waals surface area contributed by atoms with E-state index in [-0.39, 0.29) is 18.0 Å². The number of ether oxygens (including phenoxy) is 1. The Morgan fingerprint density at radius 1 is 0.778 bits per heavy atom. The van der Waals surface area contributed by atoms with Gasteiger partial charge in [-0.2, -0.15) is 0 Å². The van der Waals surface area contributed by atoms with Crippen molar-refractivity contribution in [1.82, 2.24) is 4.90 Å². The maximum absolute atomic E-state index is 13.8. The quantitative estimate of drug-likeness (QED) is 0.0985. The molecule has 1 N–H and O–H groups in total. The van der Waals surface area contributed by atoms with Crippen LogP contribution in [0.15, 0.2) is 72.8 Å². The lowest BCUT2D eigenvalue weighted by Gasteiger charge is -2.25. The van der Waals surface area contributed by atoms with Crippen LogP contribution in [0.5, 0.6) is 11.5 Å². The molecule has 0 saturated carbocycles. The second-order valence-electron chi connectivity index (χ2n) is 13.3. The average Bonchev–Trinajstić information content (AvgIpc) is 3.02. The minimum absolute atomic E-state index is 0.0845. The van der Waals surface area contributed by atoms with Gasteiger partial charge in [0, 0.05) is 12.1 Å². The van der Waals surface area contributed by atoms with Crippen molar-refractivity contribution in [1.29, 1.82) is 0 Å². The maximum atomic E-state index is 13.8. The van der Waals surface area contributed by atoms with Gasteiger partial charge in [0.05, 0.1) is 17.6 Å². The highest BCUT2D eigenvalue weighted by Crippen LogP contribution is 2.28. The number of anilines is 1. The Morgan fingerprint density at radius 3 is 2.09 bits per heavy atom. The number of para-hydroxylation sites is 3. The first-order valence-electron chi connectivity index (χ1n) is 16.3. The fourth-order valence-electron chi connectivity index (χ4n) is 4.57. The molecule has 45 heavy (non-hydrogen) atoms.